The number of halogens is 1. The van der Waals surface area contributed by atoms with Gasteiger partial charge in [0.05, 0.1) is 7.11 Å². The predicted octanol–water partition coefficient (Wildman–Crippen LogP) is 3.73. The SMILES string of the molecule is COc1cccc(/C=C/C(=O)c2cccc(F)c2)c1. The van der Waals surface area contributed by atoms with E-state index < -0.39 is 5.82 Å². The maximum Gasteiger partial charge on any atom is 0.185 e. The molecule has 2 aromatic rings. The molecule has 0 aliphatic heterocycles. The normalized spacial score (nSPS) is 10.6. The number of hydrogen-bond donors (Lipinski definition) is 0. The van der Waals surface area contributed by atoms with Crippen LogP contribution in [-0.2, 0) is 0 Å². The zero-order chi connectivity index (χ0) is 13.7. The standard InChI is InChI=1S/C16H13FO2/c1-19-15-7-2-4-12(10-15)8-9-16(18)13-5-3-6-14(17)11-13/h2-11H,1H3/b9-8+. The van der Waals surface area contributed by atoms with Gasteiger partial charge in [0.15, 0.2) is 5.78 Å². The van der Waals surface area contributed by atoms with E-state index in [1.807, 2.05) is 24.3 Å². The molecule has 0 N–H and O–H groups in total. The Labute approximate surface area is 111 Å². The van der Waals surface area contributed by atoms with Crippen molar-refractivity contribution in [3.05, 3.63) is 71.6 Å². The molecular weight excluding hydrogens is 243 g/mol. The van der Waals surface area contributed by atoms with Crippen LogP contribution in [0.2, 0.25) is 0 Å². The van der Waals surface area contributed by atoms with Crippen LogP contribution < -0.4 is 4.74 Å². The van der Waals surface area contributed by atoms with Gasteiger partial charge in [0.2, 0.25) is 0 Å². The van der Waals surface area contributed by atoms with E-state index in [1.165, 1.54) is 24.3 Å². The fourth-order valence-corrected chi connectivity index (χ4v) is 1.66. The second kappa shape index (κ2) is 5.96. The lowest BCUT2D eigenvalue weighted by atomic mass is 10.1. The summed E-state index contributed by atoms with van der Waals surface area (Å²) in [5.41, 5.74) is 1.18. The molecule has 0 spiro atoms. The smallest absolute Gasteiger partial charge is 0.185 e. The minimum atomic E-state index is -0.416. The molecule has 0 atom stereocenters. The van der Waals surface area contributed by atoms with Crippen molar-refractivity contribution >= 4 is 11.9 Å². The summed E-state index contributed by atoms with van der Waals surface area (Å²) in [6.07, 6.45) is 3.10. The largest absolute Gasteiger partial charge is 0.497 e. The molecule has 0 fully saturated rings. The van der Waals surface area contributed by atoms with E-state index in [1.54, 1.807) is 19.3 Å². The van der Waals surface area contributed by atoms with Gasteiger partial charge in [-0.2, -0.15) is 0 Å². The Morgan fingerprint density at radius 2 is 1.95 bits per heavy atom. The Bertz CT molecular complexity index is 618. The van der Waals surface area contributed by atoms with Gasteiger partial charge in [0.1, 0.15) is 11.6 Å². The third kappa shape index (κ3) is 3.52. The van der Waals surface area contributed by atoms with E-state index in [2.05, 4.69) is 0 Å². The van der Waals surface area contributed by atoms with E-state index in [9.17, 15) is 9.18 Å². The first-order valence-corrected chi connectivity index (χ1v) is 5.81. The highest BCUT2D eigenvalue weighted by atomic mass is 19.1. The number of carbonyl (C=O) groups excluding carboxylic acids is 1. The van der Waals surface area contributed by atoms with Crippen molar-refractivity contribution < 1.29 is 13.9 Å². The van der Waals surface area contributed by atoms with Crippen molar-refractivity contribution in [2.24, 2.45) is 0 Å². The van der Waals surface area contributed by atoms with E-state index in [4.69, 9.17) is 4.74 Å². The Balaban J connectivity index is 2.16. The maximum absolute atomic E-state index is 13.0. The number of benzene rings is 2. The van der Waals surface area contributed by atoms with Gasteiger partial charge in [-0.25, -0.2) is 4.39 Å². The summed E-state index contributed by atoms with van der Waals surface area (Å²) in [7, 11) is 1.58. The average Bonchev–Trinajstić information content (AvgIpc) is 2.45. The van der Waals surface area contributed by atoms with Crippen LogP contribution in [0, 0.1) is 5.82 Å². The van der Waals surface area contributed by atoms with Crippen molar-refractivity contribution in [1.82, 2.24) is 0 Å². The highest BCUT2D eigenvalue weighted by Crippen LogP contribution is 2.14. The summed E-state index contributed by atoms with van der Waals surface area (Å²) in [6, 6.07) is 13.0. The van der Waals surface area contributed by atoms with Gasteiger partial charge in [-0.3, -0.25) is 4.79 Å². The molecule has 19 heavy (non-hydrogen) atoms. The molecule has 2 rings (SSSR count). The Morgan fingerprint density at radius 3 is 2.68 bits per heavy atom. The topological polar surface area (TPSA) is 26.3 Å². The van der Waals surface area contributed by atoms with Crippen molar-refractivity contribution in [2.75, 3.05) is 7.11 Å². The Kier molecular flexibility index (Phi) is 4.08. The number of rotatable bonds is 4. The lowest BCUT2D eigenvalue weighted by molar-refractivity contribution is 0.104. The quantitative estimate of drug-likeness (QED) is 0.615. The van der Waals surface area contributed by atoms with Gasteiger partial charge in [-0.05, 0) is 35.9 Å². The Hall–Kier alpha value is -2.42. The summed E-state index contributed by atoms with van der Waals surface area (Å²) in [5.74, 6) is 0.0725. The fraction of sp³-hybridized carbons (Fsp3) is 0.0625. The minimum absolute atomic E-state index is 0.234. The molecule has 96 valence electrons. The molecule has 0 aliphatic rings. The molecule has 0 radical (unpaired) electrons. The number of carbonyl (C=O) groups is 1. The van der Waals surface area contributed by atoms with Crippen LogP contribution >= 0.6 is 0 Å². The first kappa shape index (κ1) is 13.0. The fourth-order valence-electron chi connectivity index (χ4n) is 1.66. The van der Waals surface area contributed by atoms with Crippen LogP contribution in [0.25, 0.3) is 6.08 Å². The molecule has 0 heterocycles. The third-order valence-electron chi connectivity index (χ3n) is 2.63. The summed E-state index contributed by atoms with van der Waals surface area (Å²) in [6.45, 7) is 0. The molecule has 2 nitrogen and oxygen atoms in total. The zero-order valence-corrected chi connectivity index (χ0v) is 10.5. The van der Waals surface area contributed by atoms with Gasteiger partial charge in [0.25, 0.3) is 0 Å². The number of methoxy groups -OCH3 is 1. The van der Waals surface area contributed by atoms with Gasteiger partial charge in [0, 0.05) is 5.56 Å². The van der Waals surface area contributed by atoms with Crippen LogP contribution in [0.5, 0.6) is 5.75 Å². The van der Waals surface area contributed by atoms with Gasteiger partial charge >= 0.3 is 0 Å². The zero-order valence-electron chi connectivity index (χ0n) is 10.5. The molecular formula is C16H13FO2. The van der Waals surface area contributed by atoms with Crippen molar-refractivity contribution in [1.29, 1.82) is 0 Å². The summed E-state index contributed by atoms with van der Waals surface area (Å²) < 4.78 is 18.1. The van der Waals surface area contributed by atoms with Crippen LogP contribution in [0.4, 0.5) is 4.39 Å². The second-order valence-corrected chi connectivity index (χ2v) is 3.98. The first-order valence-electron chi connectivity index (χ1n) is 5.81. The molecule has 0 unspecified atom stereocenters. The van der Waals surface area contributed by atoms with Gasteiger partial charge in [-0.1, -0.05) is 30.3 Å². The van der Waals surface area contributed by atoms with Crippen LogP contribution in [0.15, 0.2) is 54.6 Å². The van der Waals surface area contributed by atoms with E-state index in [-0.39, 0.29) is 5.78 Å². The monoisotopic (exact) mass is 256 g/mol. The number of ketones is 1. The summed E-state index contributed by atoms with van der Waals surface area (Å²) >= 11 is 0. The average molecular weight is 256 g/mol. The van der Waals surface area contributed by atoms with E-state index >= 15 is 0 Å². The molecule has 3 heteroatoms. The highest BCUT2D eigenvalue weighted by molar-refractivity contribution is 6.06. The van der Waals surface area contributed by atoms with Gasteiger partial charge in [-0.15, -0.1) is 0 Å². The molecule has 0 bridgehead atoms. The van der Waals surface area contributed by atoms with Crippen molar-refractivity contribution in [3.63, 3.8) is 0 Å². The molecule has 2 aromatic carbocycles. The molecule has 0 aromatic heterocycles. The first-order chi connectivity index (χ1) is 9.19. The number of hydrogen-bond acceptors (Lipinski definition) is 2. The lowest BCUT2D eigenvalue weighted by Crippen LogP contribution is -1.94. The number of allylic oxidation sites excluding steroid dienone is 1. The van der Waals surface area contributed by atoms with Crippen LogP contribution in [0.1, 0.15) is 15.9 Å². The van der Waals surface area contributed by atoms with E-state index in [0.717, 1.165) is 11.3 Å². The maximum atomic E-state index is 13.0. The van der Waals surface area contributed by atoms with Crippen molar-refractivity contribution in [3.8, 4) is 5.75 Å². The molecule has 0 saturated carbocycles. The summed E-state index contributed by atoms with van der Waals surface area (Å²) in [4.78, 5) is 11.8. The third-order valence-corrected chi connectivity index (χ3v) is 2.63. The van der Waals surface area contributed by atoms with E-state index in [0.29, 0.717) is 5.56 Å². The predicted molar refractivity (Wildman–Crippen MR) is 72.8 cm³/mol. The van der Waals surface area contributed by atoms with Crippen LogP contribution in [-0.4, -0.2) is 12.9 Å². The molecule has 0 amide bonds. The molecule has 0 aliphatic carbocycles. The molecule has 0 saturated heterocycles. The number of ether oxygens (including phenoxy) is 1. The van der Waals surface area contributed by atoms with Crippen LogP contribution in [0.3, 0.4) is 0 Å². The summed E-state index contributed by atoms with van der Waals surface area (Å²) in [5, 5.41) is 0. The second-order valence-electron chi connectivity index (χ2n) is 3.98. The Morgan fingerprint density at radius 1 is 1.16 bits per heavy atom. The van der Waals surface area contributed by atoms with Gasteiger partial charge < -0.3 is 4.74 Å². The lowest BCUT2D eigenvalue weighted by Gasteiger charge is -2.00. The van der Waals surface area contributed by atoms with Crippen molar-refractivity contribution in [2.45, 2.75) is 0 Å². The highest BCUT2D eigenvalue weighted by Gasteiger charge is 2.02. The minimum Gasteiger partial charge on any atom is -0.497 e.